The molecular formula is C15H12N2O3. The van der Waals surface area contributed by atoms with Crippen LogP contribution in [0.25, 0.3) is 11.1 Å². The second-order valence-corrected chi connectivity index (χ2v) is 4.24. The number of nitrogens with one attached hydrogen (secondary N) is 1. The van der Waals surface area contributed by atoms with E-state index >= 15 is 0 Å². The van der Waals surface area contributed by atoms with E-state index in [1.165, 1.54) is 0 Å². The summed E-state index contributed by atoms with van der Waals surface area (Å²) in [5, 5.41) is 2.64. The first-order chi connectivity index (χ1) is 9.70. The molecule has 1 aromatic heterocycles. The van der Waals surface area contributed by atoms with E-state index in [1.54, 1.807) is 49.4 Å². The van der Waals surface area contributed by atoms with Gasteiger partial charge >= 0.3 is 6.09 Å². The summed E-state index contributed by atoms with van der Waals surface area (Å²) in [7, 11) is 0. The molecule has 1 amide bonds. The fraction of sp³-hybridized carbons (Fsp3) is 0.0667. The zero-order valence-corrected chi connectivity index (χ0v) is 10.8. The van der Waals surface area contributed by atoms with Crippen molar-refractivity contribution in [3.8, 4) is 5.75 Å². The Labute approximate surface area is 115 Å². The number of amides is 1. The van der Waals surface area contributed by atoms with Crippen molar-refractivity contribution in [3.05, 3.63) is 54.4 Å². The van der Waals surface area contributed by atoms with E-state index in [9.17, 15) is 4.79 Å². The van der Waals surface area contributed by atoms with Crippen LogP contribution >= 0.6 is 0 Å². The van der Waals surface area contributed by atoms with E-state index in [2.05, 4.69) is 10.3 Å². The van der Waals surface area contributed by atoms with Gasteiger partial charge in [-0.1, -0.05) is 18.2 Å². The standard InChI is InChI=1S/C15H12N2O3/c1-10-16-13-8-7-11(9-14(13)19-10)17-15(18)20-12-5-3-2-4-6-12/h2-9H,1H3,(H,17,18). The number of hydrogen-bond donors (Lipinski definition) is 1. The van der Waals surface area contributed by atoms with Crippen LogP contribution in [0, 0.1) is 6.92 Å². The van der Waals surface area contributed by atoms with Crippen LogP contribution in [0.3, 0.4) is 0 Å². The fourth-order valence-electron chi connectivity index (χ4n) is 1.86. The number of para-hydroxylation sites is 1. The summed E-state index contributed by atoms with van der Waals surface area (Å²) < 4.78 is 10.5. The molecule has 0 saturated heterocycles. The van der Waals surface area contributed by atoms with Crippen LogP contribution in [0.2, 0.25) is 0 Å². The number of hydrogen-bond acceptors (Lipinski definition) is 4. The van der Waals surface area contributed by atoms with Gasteiger partial charge in [0, 0.05) is 18.7 Å². The predicted molar refractivity (Wildman–Crippen MR) is 74.8 cm³/mol. The average molecular weight is 268 g/mol. The molecule has 0 saturated carbocycles. The zero-order chi connectivity index (χ0) is 13.9. The molecule has 0 aliphatic carbocycles. The maximum Gasteiger partial charge on any atom is 0.417 e. The highest BCUT2D eigenvalue weighted by atomic mass is 16.6. The molecule has 0 atom stereocenters. The minimum Gasteiger partial charge on any atom is -0.441 e. The summed E-state index contributed by atoms with van der Waals surface area (Å²) in [5.74, 6) is 1.07. The lowest BCUT2D eigenvalue weighted by atomic mass is 10.3. The molecule has 1 heterocycles. The number of ether oxygens (including phenoxy) is 1. The molecule has 3 aromatic rings. The van der Waals surface area contributed by atoms with Crippen LogP contribution in [0.4, 0.5) is 10.5 Å². The van der Waals surface area contributed by atoms with Crippen LogP contribution in [0.15, 0.2) is 52.9 Å². The third-order valence-electron chi connectivity index (χ3n) is 2.70. The van der Waals surface area contributed by atoms with Gasteiger partial charge in [0.15, 0.2) is 11.5 Å². The lowest BCUT2D eigenvalue weighted by molar-refractivity contribution is 0.215. The lowest BCUT2D eigenvalue weighted by Crippen LogP contribution is -2.16. The van der Waals surface area contributed by atoms with Crippen molar-refractivity contribution in [3.63, 3.8) is 0 Å². The van der Waals surface area contributed by atoms with Gasteiger partial charge in [-0.25, -0.2) is 9.78 Å². The highest BCUT2D eigenvalue weighted by molar-refractivity contribution is 5.89. The second-order valence-electron chi connectivity index (χ2n) is 4.24. The van der Waals surface area contributed by atoms with E-state index in [4.69, 9.17) is 9.15 Å². The number of carbonyl (C=O) groups is 1. The van der Waals surface area contributed by atoms with E-state index < -0.39 is 6.09 Å². The third-order valence-corrected chi connectivity index (χ3v) is 2.70. The Kier molecular flexibility index (Phi) is 3.09. The van der Waals surface area contributed by atoms with Crippen molar-refractivity contribution < 1.29 is 13.9 Å². The van der Waals surface area contributed by atoms with Gasteiger partial charge in [0.05, 0.1) is 0 Å². The molecule has 20 heavy (non-hydrogen) atoms. The highest BCUT2D eigenvalue weighted by Gasteiger charge is 2.07. The molecule has 0 bridgehead atoms. The highest BCUT2D eigenvalue weighted by Crippen LogP contribution is 2.20. The number of aromatic nitrogens is 1. The van der Waals surface area contributed by atoms with Crippen LogP contribution in [-0.4, -0.2) is 11.1 Å². The summed E-state index contributed by atoms with van der Waals surface area (Å²) in [6.45, 7) is 1.77. The average Bonchev–Trinajstić information content (AvgIpc) is 2.79. The molecule has 5 heteroatoms. The van der Waals surface area contributed by atoms with E-state index in [1.807, 2.05) is 6.07 Å². The van der Waals surface area contributed by atoms with Gasteiger partial charge in [0.2, 0.25) is 0 Å². The molecule has 0 fully saturated rings. The molecule has 0 spiro atoms. The van der Waals surface area contributed by atoms with Crippen molar-refractivity contribution >= 4 is 22.9 Å². The Morgan fingerprint density at radius 2 is 2.00 bits per heavy atom. The monoisotopic (exact) mass is 268 g/mol. The number of oxazole rings is 1. The zero-order valence-electron chi connectivity index (χ0n) is 10.8. The van der Waals surface area contributed by atoms with Crippen LogP contribution in [-0.2, 0) is 0 Å². The number of aryl methyl sites for hydroxylation is 1. The molecule has 3 rings (SSSR count). The first-order valence-corrected chi connectivity index (χ1v) is 6.12. The number of carbonyl (C=O) groups excluding carboxylic acids is 1. The minimum absolute atomic E-state index is 0.488. The Hall–Kier alpha value is -2.82. The SMILES string of the molecule is Cc1nc2ccc(NC(=O)Oc3ccccc3)cc2o1. The van der Waals surface area contributed by atoms with E-state index in [-0.39, 0.29) is 0 Å². The maximum absolute atomic E-state index is 11.7. The van der Waals surface area contributed by atoms with Gasteiger partial charge in [-0.3, -0.25) is 5.32 Å². The van der Waals surface area contributed by atoms with Crippen LogP contribution in [0.5, 0.6) is 5.75 Å². The molecule has 1 N–H and O–H groups in total. The van der Waals surface area contributed by atoms with Gasteiger partial charge in [-0.05, 0) is 24.3 Å². The summed E-state index contributed by atoms with van der Waals surface area (Å²) in [6, 6.07) is 14.1. The van der Waals surface area contributed by atoms with Crippen molar-refractivity contribution in [1.29, 1.82) is 0 Å². The number of benzene rings is 2. The first-order valence-electron chi connectivity index (χ1n) is 6.12. The number of anilines is 1. The van der Waals surface area contributed by atoms with Crippen molar-refractivity contribution in [1.82, 2.24) is 4.98 Å². The lowest BCUT2D eigenvalue weighted by Gasteiger charge is -2.06. The van der Waals surface area contributed by atoms with Gasteiger partial charge < -0.3 is 9.15 Å². The number of rotatable bonds is 2. The largest absolute Gasteiger partial charge is 0.441 e. The molecule has 100 valence electrons. The maximum atomic E-state index is 11.7. The number of nitrogens with zero attached hydrogens (tertiary/aromatic N) is 1. The summed E-state index contributed by atoms with van der Waals surface area (Å²) in [4.78, 5) is 15.9. The molecule has 0 aliphatic rings. The summed E-state index contributed by atoms with van der Waals surface area (Å²) >= 11 is 0. The second kappa shape index (κ2) is 5.05. The van der Waals surface area contributed by atoms with Gasteiger partial charge in [0.25, 0.3) is 0 Å². The molecule has 5 nitrogen and oxygen atoms in total. The smallest absolute Gasteiger partial charge is 0.417 e. The summed E-state index contributed by atoms with van der Waals surface area (Å²) in [5.41, 5.74) is 1.97. The van der Waals surface area contributed by atoms with Crippen molar-refractivity contribution in [2.45, 2.75) is 6.92 Å². The topological polar surface area (TPSA) is 64.4 Å². The third kappa shape index (κ3) is 2.61. The number of fused-ring (bicyclic) bond motifs is 1. The van der Waals surface area contributed by atoms with Crippen LogP contribution < -0.4 is 10.1 Å². The van der Waals surface area contributed by atoms with Crippen molar-refractivity contribution in [2.75, 3.05) is 5.32 Å². The quantitative estimate of drug-likeness (QED) is 0.768. The normalized spacial score (nSPS) is 10.4. The molecular weight excluding hydrogens is 256 g/mol. The first kappa shape index (κ1) is 12.2. The van der Waals surface area contributed by atoms with Crippen molar-refractivity contribution in [2.24, 2.45) is 0 Å². The van der Waals surface area contributed by atoms with Gasteiger partial charge in [0.1, 0.15) is 11.3 Å². The Morgan fingerprint density at radius 1 is 1.20 bits per heavy atom. The Morgan fingerprint density at radius 3 is 2.80 bits per heavy atom. The van der Waals surface area contributed by atoms with E-state index in [0.717, 1.165) is 5.52 Å². The molecule has 0 aliphatic heterocycles. The molecule has 0 radical (unpaired) electrons. The van der Waals surface area contributed by atoms with Crippen LogP contribution in [0.1, 0.15) is 5.89 Å². The predicted octanol–water partition coefficient (Wildman–Crippen LogP) is 3.75. The van der Waals surface area contributed by atoms with Gasteiger partial charge in [-0.2, -0.15) is 0 Å². The molecule has 2 aromatic carbocycles. The molecule has 0 unspecified atom stereocenters. The van der Waals surface area contributed by atoms with E-state index in [0.29, 0.717) is 22.9 Å². The minimum atomic E-state index is -0.549. The van der Waals surface area contributed by atoms with Gasteiger partial charge in [-0.15, -0.1) is 0 Å². The Bertz CT molecular complexity index is 750. The fourth-order valence-corrected chi connectivity index (χ4v) is 1.86. The Balaban J connectivity index is 1.74. The summed E-state index contributed by atoms with van der Waals surface area (Å²) in [6.07, 6.45) is -0.549.